The summed E-state index contributed by atoms with van der Waals surface area (Å²) in [6.45, 7) is 8.16. The van der Waals surface area contributed by atoms with Gasteiger partial charge >= 0.3 is 7.12 Å². The van der Waals surface area contributed by atoms with Crippen LogP contribution < -0.4 is 5.46 Å². The van der Waals surface area contributed by atoms with Crippen LogP contribution in [0.25, 0.3) is 0 Å². The SMILES string of the molecule is CC1(C)OB(c2cccc3c2Sc2ccc([N+](=O)[O-])cc2S3)OC1(C)C. The van der Waals surface area contributed by atoms with Crippen LogP contribution in [0.2, 0.25) is 0 Å². The van der Waals surface area contributed by atoms with E-state index < -0.39 is 18.3 Å². The van der Waals surface area contributed by atoms with E-state index in [1.807, 2.05) is 52.0 Å². The Balaban J connectivity index is 1.71. The van der Waals surface area contributed by atoms with Gasteiger partial charge in [0, 0.05) is 31.7 Å². The van der Waals surface area contributed by atoms with E-state index in [1.54, 1.807) is 35.7 Å². The van der Waals surface area contributed by atoms with Crippen molar-refractivity contribution < 1.29 is 14.2 Å². The highest BCUT2D eigenvalue weighted by Gasteiger charge is 2.52. The highest BCUT2D eigenvalue weighted by atomic mass is 32.2. The Kier molecular flexibility index (Phi) is 4.15. The van der Waals surface area contributed by atoms with E-state index in [0.717, 1.165) is 25.0 Å². The van der Waals surface area contributed by atoms with Gasteiger partial charge in [-0.2, -0.15) is 0 Å². The Morgan fingerprint density at radius 1 is 0.962 bits per heavy atom. The molecule has 2 heterocycles. The lowest BCUT2D eigenvalue weighted by molar-refractivity contribution is -0.385. The molecule has 0 spiro atoms. The fraction of sp³-hybridized carbons (Fsp3) is 0.333. The first kappa shape index (κ1) is 17.9. The van der Waals surface area contributed by atoms with Gasteiger partial charge in [0.15, 0.2) is 0 Å². The van der Waals surface area contributed by atoms with Crippen LogP contribution in [0.1, 0.15) is 27.7 Å². The summed E-state index contributed by atoms with van der Waals surface area (Å²) in [5.41, 5.74) is 0.321. The quantitative estimate of drug-likeness (QED) is 0.366. The summed E-state index contributed by atoms with van der Waals surface area (Å²) in [6.07, 6.45) is 0. The molecule has 0 atom stereocenters. The number of hydrogen-bond donors (Lipinski definition) is 0. The molecule has 0 N–H and O–H groups in total. The maximum Gasteiger partial charge on any atom is 0.496 e. The number of benzene rings is 2. The van der Waals surface area contributed by atoms with Crippen molar-refractivity contribution in [3.63, 3.8) is 0 Å². The molecule has 4 rings (SSSR count). The minimum Gasteiger partial charge on any atom is -0.399 e. The van der Waals surface area contributed by atoms with E-state index in [9.17, 15) is 10.1 Å². The zero-order valence-electron chi connectivity index (χ0n) is 14.9. The fourth-order valence-electron chi connectivity index (χ4n) is 2.88. The lowest BCUT2D eigenvalue weighted by Crippen LogP contribution is -2.41. The van der Waals surface area contributed by atoms with Gasteiger partial charge in [-0.15, -0.1) is 0 Å². The van der Waals surface area contributed by atoms with Gasteiger partial charge in [0.1, 0.15) is 0 Å². The summed E-state index contributed by atoms with van der Waals surface area (Å²) in [7, 11) is -0.428. The maximum absolute atomic E-state index is 11.0. The van der Waals surface area contributed by atoms with E-state index in [0.29, 0.717) is 0 Å². The molecule has 0 unspecified atom stereocenters. The number of nitro groups is 1. The molecule has 1 fully saturated rings. The van der Waals surface area contributed by atoms with Crippen LogP contribution >= 0.6 is 23.5 Å². The van der Waals surface area contributed by atoms with Crippen LogP contribution in [-0.2, 0) is 9.31 Å². The molecule has 26 heavy (non-hydrogen) atoms. The normalized spacial score (nSPS) is 19.8. The highest BCUT2D eigenvalue weighted by molar-refractivity contribution is 8.05. The van der Waals surface area contributed by atoms with Crippen molar-refractivity contribution in [1.29, 1.82) is 0 Å². The van der Waals surface area contributed by atoms with Crippen LogP contribution in [0, 0.1) is 10.1 Å². The molecule has 0 radical (unpaired) electrons. The van der Waals surface area contributed by atoms with E-state index in [4.69, 9.17) is 9.31 Å². The van der Waals surface area contributed by atoms with Gasteiger partial charge in [-0.1, -0.05) is 35.7 Å². The number of rotatable bonds is 2. The molecule has 1 saturated heterocycles. The number of hydrogen-bond acceptors (Lipinski definition) is 6. The lowest BCUT2D eigenvalue weighted by Gasteiger charge is -2.32. The third-order valence-electron chi connectivity index (χ3n) is 5.09. The summed E-state index contributed by atoms with van der Waals surface area (Å²) in [4.78, 5) is 14.8. The molecule has 2 aliphatic rings. The van der Waals surface area contributed by atoms with Gasteiger partial charge in [0.2, 0.25) is 0 Å². The zero-order valence-corrected chi connectivity index (χ0v) is 16.6. The molecule has 0 aliphatic carbocycles. The minimum atomic E-state index is -0.428. The Morgan fingerprint density at radius 3 is 2.31 bits per heavy atom. The van der Waals surface area contributed by atoms with Crippen molar-refractivity contribution in [1.82, 2.24) is 0 Å². The van der Waals surface area contributed by atoms with Crippen molar-refractivity contribution in [2.24, 2.45) is 0 Å². The van der Waals surface area contributed by atoms with Gasteiger partial charge in [0.05, 0.1) is 16.1 Å². The van der Waals surface area contributed by atoms with Gasteiger partial charge < -0.3 is 9.31 Å². The number of fused-ring (bicyclic) bond motifs is 2. The van der Waals surface area contributed by atoms with Gasteiger partial charge in [-0.05, 0) is 45.3 Å². The van der Waals surface area contributed by atoms with Gasteiger partial charge in [-0.25, -0.2) is 0 Å². The van der Waals surface area contributed by atoms with E-state index in [-0.39, 0.29) is 10.6 Å². The highest BCUT2D eigenvalue weighted by Crippen LogP contribution is 2.49. The van der Waals surface area contributed by atoms with Gasteiger partial charge in [0.25, 0.3) is 5.69 Å². The molecule has 5 nitrogen and oxygen atoms in total. The topological polar surface area (TPSA) is 61.6 Å². The predicted molar refractivity (Wildman–Crippen MR) is 104 cm³/mol. The first-order valence-electron chi connectivity index (χ1n) is 8.31. The smallest absolute Gasteiger partial charge is 0.399 e. The Bertz CT molecular complexity index is 900. The molecule has 0 bridgehead atoms. The van der Waals surface area contributed by atoms with Crippen molar-refractivity contribution in [3.8, 4) is 0 Å². The number of nitrogens with zero attached hydrogens (tertiary/aromatic N) is 1. The standard InChI is InChI=1S/C18H18BNO4S2/c1-17(2)18(3,4)24-19(23-17)12-6-5-7-14-16(12)26-13-9-8-11(20(21)22)10-15(13)25-14/h5-10H,1-4H3. The summed E-state index contributed by atoms with van der Waals surface area (Å²) in [5.74, 6) is 0. The third-order valence-corrected chi connectivity index (χ3v) is 7.70. The van der Waals surface area contributed by atoms with E-state index >= 15 is 0 Å². The van der Waals surface area contributed by atoms with Crippen LogP contribution in [0.4, 0.5) is 5.69 Å². The molecule has 8 heteroatoms. The second-order valence-electron chi connectivity index (χ2n) is 7.36. The molecular formula is C18H18BNO4S2. The number of nitro benzene ring substituents is 1. The first-order chi connectivity index (χ1) is 12.2. The zero-order chi connectivity index (χ0) is 18.7. The largest absolute Gasteiger partial charge is 0.496 e. The summed E-state index contributed by atoms with van der Waals surface area (Å²) < 4.78 is 12.4. The Labute approximate surface area is 161 Å². The second-order valence-corrected chi connectivity index (χ2v) is 9.49. The predicted octanol–water partition coefficient (Wildman–Crippen LogP) is 4.51. The van der Waals surface area contributed by atoms with Crippen LogP contribution in [0.5, 0.6) is 0 Å². The van der Waals surface area contributed by atoms with Crippen molar-refractivity contribution in [3.05, 3.63) is 46.5 Å². The minimum absolute atomic E-state index is 0.113. The molecule has 2 aliphatic heterocycles. The molecule has 0 saturated carbocycles. The number of non-ortho nitro benzene ring substituents is 1. The second kappa shape index (κ2) is 6.02. The molecule has 2 aromatic carbocycles. The van der Waals surface area contributed by atoms with E-state index in [2.05, 4.69) is 0 Å². The van der Waals surface area contributed by atoms with Crippen LogP contribution in [-0.4, -0.2) is 23.2 Å². The average molecular weight is 387 g/mol. The van der Waals surface area contributed by atoms with Crippen LogP contribution in [0.3, 0.4) is 0 Å². The maximum atomic E-state index is 11.0. The summed E-state index contributed by atoms with van der Waals surface area (Å²) in [6, 6.07) is 11.0. The molecular weight excluding hydrogens is 369 g/mol. The van der Waals surface area contributed by atoms with E-state index in [1.165, 1.54) is 0 Å². The first-order valence-corrected chi connectivity index (χ1v) is 9.94. The monoisotopic (exact) mass is 387 g/mol. The lowest BCUT2D eigenvalue weighted by atomic mass is 9.79. The van der Waals surface area contributed by atoms with Crippen LogP contribution in [0.15, 0.2) is 56.0 Å². The molecule has 2 aromatic rings. The summed E-state index contributed by atoms with van der Waals surface area (Å²) in [5, 5.41) is 11.0. The molecule has 134 valence electrons. The van der Waals surface area contributed by atoms with Crippen molar-refractivity contribution in [2.45, 2.75) is 58.5 Å². The fourth-order valence-corrected chi connectivity index (χ4v) is 5.29. The van der Waals surface area contributed by atoms with Crippen molar-refractivity contribution >= 4 is 41.8 Å². The molecule has 0 amide bonds. The average Bonchev–Trinajstić information content (AvgIpc) is 2.79. The Hall–Kier alpha value is -1.48. The Morgan fingerprint density at radius 2 is 1.65 bits per heavy atom. The van der Waals surface area contributed by atoms with Crippen molar-refractivity contribution in [2.75, 3.05) is 0 Å². The third kappa shape index (κ3) is 2.85. The van der Waals surface area contributed by atoms with Gasteiger partial charge in [-0.3, -0.25) is 10.1 Å². The molecule has 0 aromatic heterocycles. The summed E-state index contributed by atoms with van der Waals surface area (Å²) >= 11 is 3.16.